The lowest BCUT2D eigenvalue weighted by atomic mass is 9.66. The highest BCUT2D eigenvalue weighted by Crippen LogP contribution is 2.66. The minimum atomic E-state index is -0.546. The Morgan fingerprint density at radius 2 is 0.614 bits per heavy atom. The van der Waals surface area contributed by atoms with Gasteiger partial charge in [-0.2, -0.15) is 0 Å². The highest BCUT2D eigenvalue weighted by Gasteiger charge is 2.53. The fourth-order valence-corrected chi connectivity index (χ4v) is 20.9. The van der Waals surface area contributed by atoms with Crippen LogP contribution in [0.1, 0.15) is 51.9 Å². The van der Waals surface area contributed by atoms with Gasteiger partial charge in [0.25, 0.3) is 0 Å². The molecule has 7 heteroatoms. The number of benzene rings is 18. The number of hydrogen-bond donors (Lipinski definition) is 1. The first-order chi connectivity index (χ1) is 55.9. The molecular weight excluding hydrogens is 1440 g/mol. The SMILES string of the molecule is C.Clc1ccc2c(c1)-c1c(ccc3ccccc13)C21c2ccccc2Oc2ccccc21.c1ccc(-c2ccc(N(c3ccc4c(c3)-c3c(ccc5ccccc35)C43c4ccccc4Oc4ccccc43)c3ccc4sc5ccccc5c4c3)cc2)cc1.c1ccc(-c2ccc(Nc3ccc4sc5ccccc5c4c3)cc2)cc1. The average Bonchev–Trinajstić information content (AvgIpc) is 1.50. The number of hydrogen-bond acceptors (Lipinski definition) is 6. The van der Waals surface area contributed by atoms with E-state index in [4.69, 9.17) is 21.1 Å². The second-order valence-corrected chi connectivity index (χ2v) is 32.0. The first-order valence-electron chi connectivity index (χ1n) is 38.3. The van der Waals surface area contributed by atoms with Gasteiger partial charge in [0.15, 0.2) is 0 Å². The Balaban J connectivity index is 0.000000118. The van der Waals surface area contributed by atoms with Gasteiger partial charge in [0.2, 0.25) is 0 Å². The summed E-state index contributed by atoms with van der Waals surface area (Å²) in [6.45, 7) is 0. The summed E-state index contributed by atoms with van der Waals surface area (Å²) in [4.78, 5) is 2.43. The van der Waals surface area contributed by atoms with Crippen molar-refractivity contribution in [2.45, 2.75) is 18.3 Å². The van der Waals surface area contributed by atoms with Crippen molar-refractivity contribution in [3.63, 3.8) is 0 Å². The maximum atomic E-state index is 6.65. The van der Waals surface area contributed by atoms with Gasteiger partial charge in [-0.05, 0) is 210 Å². The van der Waals surface area contributed by atoms with Crippen molar-refractivity contribution in [3.8, 4) is 67.5 Å². The molecule has 0 amide bonds. The van der Waals surface area contributed by atoms with Crippen LogP contribution in [0.25, 0.3) is 106 Å². The van der Waals surface area contributed by atoms with Gasteiger partial charge in [0.05, 0.1) is 10.8 Å². The predicted octanol–water partition coefficient (Wildman–Crippen LogP) is 30.9. The summed E-state index contributed by atoms with van der Waals surface area (Å²) < 4.78 is 18.3. The largest absolute Gasteiger partial charge is 0.457 e. The number of ether oxygens (including phenoxy) is 2. The van der Waals surface area contributed by atoms with Crippen LogP contribution < -0.4 is 19.7 Å². The molecule has 0 unspecified atom stereocenters. The second kappa shape index (κ2) is 27.7. The molecule has 0 saturated heterocycles. The van der Waals surface area contributed by atoms with E-state index in [9.17, 15) is 0 Å². The fraction of sp³-hybridized carbons (Fsp3) is 0.0280. The minimum Gasteiger partial charge on any atom is -0.457 e. The van der Waals surface area contributed by atoms with Gasteiger partial charge in [-0.25, -0.2) is 0 Å². The molecule has 4 aliphatic rings. The molecule has 0 fully saturated rings. The summed E-state index contributed by atoms with van der Waals surface area (Å²) in [5.74, 6) is 3.61. The number of nitrogens with one attached hydrogen (secondary N) is 1. The van der Waals surface area contributed by atoms with Crippen molar-refractivity contribution in [1.82, 2.24) is 0 Å². The second-order valence-electron chi connectivity index (χ2n) is 29.4. The summed E-state index contributed by atoms with van der Waals surface area (Å²) in [6.07, 6.45) is 0. The Morgan fingerprint density at radius 3 is 1.13 bits per heavy atom. The lowest BCUT2D eigenvalue weighted by Gasteiger charge is -2.39. The van der Waals surface area contributed by atoms with Gasteiger partial charge < -0.3 is 19.7 Å². The van der Waals surface area contributed by atoms with Gasteiger partial charge in [-0.3, -0.25) is 0 Å². The quantitative estimate of drug-likeness (QED) is 0.172. The molecule has 2 aliphatic carbocycles. The number of nitrogens with zero attached hydrogens (tertiary/aromatic N) is 1. The lowest BCUT2D eigenvalue weighted by molar-refractivity contribution is 0.436. The van der Waals surface area contributed by atoms with Crippen LogP contribution in [-0.4, -0.2) is 0 Å². The van der Waals surface area contributed by atoms with Crippen LogP contribution >= 0.6 is 34.3 Å². The van der Waals surface area contributed by atoms with E-state index in [1.54, 1.807) is 0 Å². The molecule has 0 bridgehead atoms. The van der Waals surface area contributed by atoms with Crippen LogP contribution in [-0.2, 0) is 10.8 Å². The predicted molar refractivity (Wildman–Crippen MR) is 482 cm³/mol. The minimum absolute atomic E-state index is 0. The van der Waals surface area contributed by atoms with Crippen molar-refractivity contribution < 1.29 is 9.47 Å². The zero-order valence-corrected chi connectivity index (χ0v) is 63.5. The maximum Gasteiger partial charge on any atom is 0.132 e. The van der Waals surface area contributed by atoms with E-state index in [1.807, 2.05) is 46.9 Å². The van der Waals surface area contributed by atoms with Crippen LogP contribution in [0.4, 0.5) is 28.4 Å². The summed E-state index contributed by atoms with van der Waals surface area (Å²) in [5, 5.41) is 14.5. The van der Waals surface area contributed by atoms with E-state index in [0.29, 0.717) is 0 Å². The van der Waals surface area contributed by atoms with E-state index < -0.39 is 10.8 Å². The normalized spacial score (nSPS) is 13.0. The molecule has 4 heterocycles. The Morgan fingerprint density at radius 1 is 0.254 bits per heavy atom. The number of fused-ring (bicyclic) bond motifs is 28. The fourth-order valence-electron chi connectivity index (χ4n) is 18.5. The van der Waals surface area contributed by atoms with Crippen LogP contribution in [0.15, 0.2) is 400 Å². The summed E-state index contributed by atoms with van der Waals surface area (Å²) in [7, 11) is 0. The molecule has 24 rings (SSSR count). The molecule has 1 N–H and O–H groups in total. The third-order valence-electron chi connectivity index (χ3n) is 23.4. The van der Waals surface area contributed by atoms with Crippen LogP contribution in [0.5, 0.6) is 23.0 Å². The van der Waals surface area contributed by atoms with Crippen molar-refractivity contribution in [1.29, 1.82) is 0 Å². The van der Waals surface area contributed by atoms with Crippen LogP contribution in [0, 0.1) is 0 Å². The zero-order valence-electron chi connectivity index (χ0n) is 61.1. The van der Waals surface area contributed by atoms with Crippen LogP contribution in [0.3, 0.4) is 0 Å². The lowest BCUT2D eigenvalue weighted by Crippen LogP contribution is -2.32. The maximum absolute atomic E-state index is 6.65. The van der Waals surface area contributed by atoms with Crippen LogP contribution in [0.2, 0.25) is 5.02 Å². The molecule has 114 heavy (non-hydrogen) atoms. The van der Waals surface area contributed by atoms with Crippen molar-refractivity contribution >= 4 is 125 Å². The molecule has 18 aromatic carbocycles. The molecule has 0 atom stereocenters. The average molecular weight is 1520 g/mol. The van der Waals surface area contributed by atoms with E-state index >= 15 is 0 Å². The third-order valence-corrected chi connectivity index (χ3v) is 25.9. The number of anilines is 5. The van der Waals surface area contributed by atoms with Crippen molar-refractivity contribution in [2.75, 3.05) is 10.2 Å². The highest BCUT2D eigenvalue weighted by molar-refractivity contribution is 7.26. The molecule has 2 aromatic heterocycles. The topological polar surface area (TPSA) is 33.7 Å². The first-order valence-corrected chi connectivity index (χ1v) is 40.4. The number of halogens is 1. The van der Waals surface area contributed by atoms with Gasteiger partial charge in [-0.15, -0.1) is 22.7 Å². The molecule has 0 saturated carbocycles. The summed E-state index contributed by atoms with van der Waals surface area (Å²) in [6, 6.07) is 144. The molecule has 4 nitrogen and oxygen atoms in total. The van der Waals surface area contributed by atoms with E-state index in [2.05, 4.69) is 386 Å². The molecule has 540 valence electrons. The van der Waals surface area contributed by atoms with Gasteiger partial charge in [-0.1, -0.05) is 298 Å². The standard InChI is InChI=1S/C53H33NOS.C29H17ClO.C24H17NS.CH4/c1-2-12-34(13-3-1)35-22-25-37(26-23-35)54(39-28-31-51-42(32-39)41-16-6-11-21-50(41)56-51)38-27-30-44-43(33-38)52-40-15-5-4-14-36(40)24-29-47(52)53(44)45-17-7-9-19-48(45)55-49-20-10-8-18-46(49)53;30-19-14-16-22-21(17-19)28-20-8-2-1-7-18(20)13-15-25(28)29(22)23-9-3-5-11-26(23)31-27-12-6-4-10-24(27)29;1-2-6-17(7-3-1)18-10-12-19(13-11-18)25-20-14-15-24-22(16-20)21-8-4-5-9-23(21)26-24;/h1-33H;1-17H;1-16,25H;1H4. The van der Waals surface area contributed by atoms with Gasteiger partial charge in [0.1, 0.15) is 23.0 Å². The van der Waals surface area contributed by atoms with E-state index in [1.165, 1.54) is 151 Å². The number of thiophene rings is 2. The highest BCUT2D eigenvalue weighted by atomic mass is 35.5. The third kappa shape index (κ3) is 10.9. The summed E-state index contributed by atoms with van der Waals surface area (Å²) >= 11 is 10.2. The zero-order chi connectivity index (χ0) is 74.7. The molecular formula is C107H71ClN2O2S2. The molecule has 0 radical (unpaired) electrons. The Hall–Kier alpha value is -13.6. The first kappa shape index (κ1) is 68.4. The monoisotopic (exact) mass is 1510 g/mol. The van der Waals surface area contributed by atoms with E-state index in [-0.39, 0.29) is 7.43 Å². The van der Waals surface area contributed by atoms with Gasteiger partial charge >= 0.3 is 0 Å². The van der Waals surface area contributed by atoms with Gasteiger partial charge in [0, 0.05) is 96.1 Å². The van der Waals surface area contributed by atoms with Crippen molar-refractivity contribution in [3.05, 3.63) is 450 Å². The molecule has 20 aromatic rings. The molecule has 2 aliphatic heterocycles. The Bertz CT molecular complexity index is 7100. The summed E-state index contributed by atoms with van der Waals surface area (Å²) in [5.41, 5.74) is 24.2. The molecule has 2 spiro atoms. The number of rotatable bonds is 7. The van der Waals surface area contributed by atoms with E-state index in [0.717, 1.165) is 56.5 Å². The Kier molecular flexibility index (Phi) is 16.6. The Labute approximate surface area is 674 Å². The number of para-hydroxylation sites is 4. The van der Waals surface area contributed by atoms with Crippen molar-refractivity contribution in [2.24, 2.45) is 0 Å². The smallest absolute Gasteiger partial charge is 0.132 e.